The highest BCUT2D eigenvalue weighted by atomic mass is 19.1. The minimum absolute atomic E-state index is 0.00778. The summed E-state index contributed by atoms with van der Waals surface area (Å²) in [5, 5.41) is 9.20. The van der Waals surface area contributed by atoms with Crippen molar-refractivity contribution in [1.29, 1.82) is 0 Å². The second kappa shape index (κ2) is 4.63. The Morgan fingerprint density at radius 3 is 2.71 bits per heavy atom. The van der Waals surface area contributed by atoms with Gasteiger partial charge in [-0.2, -0.15) is 0 Å². The Balaban J connectivity index is 2.17. The minimum atomic E-state index is -0.356. The van der Waals surface area contributed by atoms with Crippen LogP contribution in [0.15, 0.2) is 18.2 Å². The molecule has 4 heteroatoms. The predicted octanol–water partition coefficient (Wildman–Crippen LogP) is 1.87. The number of halogens is 1. The van der Waals surface area contributed by atoms with E-state index in [0.717, 1.165) is 19.2 Å². The van der Waals surface area contributed by atoms with Crippen molar-refractivity contribution < 1.29 is 9.50 Å². The molecule has 0 radical (unpaired) electrons. The molecule has 0 aliphatic carbocycles. The molecular formula is C13H19FN2O. The summed E-state index contributed by atoms with van der Waals surface area (Å²) in [6.07, 6.45) is 0. The first kappa shape index (κ1) is 12.3. The van der Waals surface area contributed by atoms with E-state index < -0.39 is 0 Å². The zero-order chi connectivity index (χ0) is 12.6. The molecule has 3 N–H and O–H groups in total. The zero-order valence-electron chi connectivity index (χ0n) is 10.2. The normalized spacial score (nSPS) is 27.3. The Morgan fingerprint density at radius 2 is 2.18 bits per heavy atom. The van der Waals surface area contributed by atoms with Gasteiger partial charge in [0.2, 0.25) is 0 Å². The average molecular weight is 238 g/mol. The minimum Gasteiger partial charge on any atom is -0.508 e. The van der Waals surface area contributed by atoms with Crippen molar-refractivity contribution in [2.75, 3.05) is 13.1 Å². The lowest BCUT2D eigenvalue weighted by Crippen LogP contribution is -2.30. The van der Waals surface area contributed by atoms with Crippen molar-refractivity contribution in [3.05, 3.63) is 29.6 Å². The summed E-state index contributed by atoms with van der Waals surface area (Å²) in [4.78, 5) is 2.19. The second-order valence-electron chi connectivity index (χ2n) is 4.98. The van der Waals surface area contributed by atoms with Crippen LogP contribution in [0.3, 0.4) is 0 Å². The molecule has 3 unspecified atom stereocenters. The van der Waals surface area contributed by atoms with Crippen LogP contribution in [0, 0.1) is 11.7 Å². The molecule has 17 heavy (non-hydrogen) atoms. The van der Waals surface area contributed by atoms with Crippen molar-refractivity contribution in [3.63, 3.8) is 0 Å². The largest absolute Gasteiger partial charge is 0.508 e. The van der Waals surface area contributed by atoms with Crippen LogP contribution < -0.4 is 5.73 Å². The molecule has 3 nitrogen and oxygen atoms in total. The number of nitrogens with two attached hydrogens (primary N) is 1. The third kappa shape index (κ3) is 2.42. The maximum atomic E-state index is 13.7. The van der Waals surface area contributed by atoms with Gasteiger partial charge in [-0.05, 0) is 18.9 Å². The van der Waals surface area contributed by atoms with Gasteiger partial charge >= 0.3 is 0 Å². The maximum absolute atomic E-state index is 13.7. The fourth-order valence-electron chi connectivity index (χ4n) is 2.40. The number of likely N-dealkylation sites (tertiary alicyclic amines) is 1. The molecular weight excluding hydrogens is 219 g/mol. The fourth-order valence-corrected chi connectivity index (χ4v) is 2.40. The van der Waals surface area contributed by atoms with Gasteiger partial charge < -0.3 is 10.8 Å². The van der Waals surface area contributed by atoms with Gasteiger partial charge in [0.25, 0.3) is 0 Å². The third-order valence-corrected chi connectivity index (χ3v) is 3.68. The molecule has 1 heterocycles. The number of phenols is 1. The van der Waals surface area contributed by atoms with E-state index >= 15 is 0 Å². The third-order valence-electron chi connectivity index (χ3n) is 3.68. The topological polar surface area (TPSA) is 49.5 Å². The summed E-state index contributed by atoms with van der Waals surface area (Å²) in [5.41, 5.74) is 6.59. The Labute approximate surface area is 101 Å². The second-order valence-corrected chi connectivity index (χ2v) is 4.98. The van der Waals surface area contributed by atoms with E-state index in [-0.39, 0.29) is 23.7 Å². The first-order valence-corrected chi connectivity index (χ1v) is 5.97. The van der Waals surface area contributed by atoms with Crippen LogP contribution in [0.2, 0.25) is 0 Å². The maximum Gasteiger partial charge on any atom is 0.131 e. The van der Waals surface area contributed by atoms with E-state index in [9.17, 15) is 9.50 Å². The van der Waals surface area contributed by atoms with Gasteiger partial charge in [-0.3, -0.25) is 4.90 Å². The number of rotatable bonds is 2. The van der Waals surface area contributed by atoms with Crippen LogP contribution >= 0.6 is 0 Å². The Hall–Kier alpha value is -1.13. The number of benzene rings is 1. The molecule has 0 aromatic heterocycles. The molecule has 3 atom stereocenters. The van der Waals surface area contributed by atoms with Crippen LogP contribution in [-0.2, 0) is 0 Å². The fraction of sp³-hybridized carbons (Fsp3) is 0.538. The van der Waals surface area contributed by atoms with Crippen molar-refractivity contribution in [2.24, 2.45) is 11.7 Å². The lowest BCUT2D eigenvalue weighted by Gasteiger charge is -2.25. The van der Waals surface area contributed by atoms with E-state index in [0.29, 0.717) is 11.5 Å². The standard InChI is InChI=1S/C13H19FN2O/c1-8-6-16(7-13(8)15)9(2)11-4-3-10(17)5-12(11)14/h3-5,8-9,13,17H,6-7,15H2,1-2H3. The Bertz CT molecular complexity index is 400. The summed E-state index contributed by atoms with van der Waals surface area (Å²) in [7, 11) is 0. The first-order valence-electron chi connectivity index (χ1n) is 5.97. The van der Waals surface area contributed by atoms with Gasteiger partial charge in [0.1, 0.15) is 11.6 Å². The van der Waals surface area contributed by atoms with Gasteiger partial charge in [-0.15, -0.1) is 0 Å². The van der Waals surface area contributed by atoms with Gasteiger partial charge in [0.15, 0.2) is 0 Å². The van der Waals surface area contributed by atoms with Crippen LogP contribution in [0.25, 0.3) is 0 Å². The summed E-state index contributed by atoms with van der Waals surface area (Å²) in [6.45, 7) is 5.77. The van der Waals surface area contributed by atoms with Crippen LogP contribution in [0.5, 0.6) is 5.75 Å². The Morgan fingerprint density at radius 1 is 1.47 bits per heavy atom. The van der Waals surface area contributed by atoms with Crippen LogP contribution in [0.1, 0.15) is 25.5 Å². The van der Waals surface area contributed by atoms with Crippen LogP contribution in [0.4, 0.5) is 4.39 Å². The molecule has 0 bridgehead atoms. The highest BCUT2D eigenvalue weighted by molar-refractivity contribution is 5.29. The number of aromatic hydroxyl groups is 1. The van der Waals surface area contributed by atoms with Gasteiger partial charge in [0.05, 0.1) is 0 Å². The quantitative estimate of drug-likeness (QED) is 0.827. The lowest BCUT2D eigenvalue weighted by molar-refractivity contribution is 0.248. The molecule has 1 saturated heterocycles. The summed E-state index contributed by atoms with van der Waals surface area (Å²) in [5.74, 6) is 0.0493. The van der Waals surface area contributed by atoms with Gasteiger partial charge in [-0.25, -0.2) is 4.39 Å². The number of hydrogen-bond donors (Lipinski definition) is 2. The highest BCUT2D eigenvalue weighted by Crippen LogP contribution is 2.29. The average Bonchev–Trinajstić information content (AvgIpc) is 2.58. The lowest BCUT2D eigenvalue weighted by atomic mass is 10.1. The molecule has 1 aliphatic rings. The highest BCUT2D eigenvalue weighted by Gasteiger charge is 2.30. The Kier molecular flexibility index (Phi) is 3.35. The van der Waals surface area contributed by atoms with E-state index in [1.54, 1.807) is 6.07 Å². The summed E-state index contributed by atoms with van der Waals surface area (Å²) in [6, 6.07) is 4.48. The number of phenolic OH excluding ortho intramolecular Hbond substituents is 1. The smallest absolute Gasteiger partial charge is 0.131 e. The van der Waals surface area contributed by atoms with Crippen molar-refractivity contribution >= 4 is 0 Å². The summed E-state index contributed by atoms with van der Waals surface area (Å²) >= 11 is 0. The predicted molar refractivity (Wildman–Crippen MR) is 65.2 cm³/mol. The molecule has 1 fully saturated rings. The van der Waals surface area contributed by atoms with E-state index in [1.165, 1.54) is 6.07 Å². The van der Waals surface area contributed by atoms with Crippen molar-refractivity contribution in [2.45, 2.75) is 25.9 Å². The molecule has 0 amide bonds. The van der Waals surface area contributed by atoms with Crippen molar-refractivity contribution in [1.82, 2.24) is 4.90 Å². The molecule has 2 rings (SSSR count). The SMILES string of the molecule is CC1CN(C(C)c2ccc(O)cc2F)CC1N. The molecule has 0 spiro atoms. The van der Waals surface area contributed by atoms with E-state index in [2.05, 4.69) is 11.8 Å². The number of hydrogen-bond acceptors (Lipinski definition) is 3. The van der Waals surface area contributed by atoms with E-state index in [1.807, 2.05) is 6.92 Å². The summed E-state index contributed by atoms with van der Waals surface area (Å²) < 4.78 is 13.7. The number of nitrogens with zero attached hydrogens (tertiary/aromatic N) is 1. The molecule has 1 aromatic rings. The van der Waals surface area contributed by atoms with E-state index in [4.69, 9.17) is 5.73 Å². The van der Waals surface area contributed by atoms with Gasteiger partial charge in [0, 0.05) is 36.8 Å². The molecule has 0 saturated carbocycles. The monoisotopic (exact) mass is 238 g/mol. The molecule has 94 valence electrons. The van der Waals surface area contributed by atoms with Crippen molar-refractivity contribution in [3.8, 4) is 5.75 Å². The van der Waals surface area contributed by atoms with Gasteiger partial charge in [-0.1, -0.05) is 13.0 Å². The van der Waals surface area contributed by atoms with Crippen LogP contribution in [-0.4, -0.2) is 29.1 Å². The zero-order valence-corrected chi connectivity index (χ0v) is 10.2. The molecule has 1 aliphatic heterocycles. The molecule has 1 aromatic carbocycles. The first-order chi connectivity index (χ1) is 7.99.